The molecule has 1 saturated heterocycles. The van der Waals surface area contributed by atoms with Crippen molar-refractivity contribution in [1.82, 2.24) is 4.98 Å². The van der Waals surface area contributed by atoms with Crippen molar-refractivity contribution in [1.29, 1.82) is 0 Å². The Bertz CT molecular complexity index is 430. The number of rotatable bonds is 1. The maximum Gasteiger partial charge on any atom is 0.497 e. The first kappa shape index (κ1) is 12.4. The molecule has 0 aromatic carbocycles. The second kappa shape index (κ2) is 3.72. The average Bonchev–Trinajstić information content (AvgIpc) is 2.40. The first-order valence-electron chi connectivity index (χ1n) is 5.81. The van der Waals surface area contributed by atoms with Crippen LogP contribution in [0.5, 0.6) is 0 Å². The second-order valence-corrected chi connectivity index (χ2v) is 5.49. The largest absolute Gasteiger partial charge is 0.497 e. The van der Waals surface area contributed by atoms with Gasteiger partial charge in [-0.3, -0.25) is 4.98 Å². The first-order chi connectivity index (χ1) is 7.74. The molecule has 0 radical (unpaired) electrons. The quantitative estimate of drug-likeness (QED) is 0.743. The summed E-state index contributed by atoms with van der Waals surface area (Å²) in [5, 5.41) is 0. The summed E-state index contributed by atoms with van der Waals surface area (Å²) in [6.45, 7) is 9.98. The van der Waals surface area contributed by atoms with Crippen molar-refractivity contribution >= 4 is 18.3 Å². The van der Waals surface area contributed by atoms with Crippen molar-refractivity contribution in [2.75, 3.05) is 5.73 Å². The summed E-state index contributed by atoms with van der Waals surface area (Å²) < 4.78 is 11.9. The molecule has 1 aliphatic heterocycles. The highest BCUT2D eigenvalue weighted by atomic mass is 16.7. The molecule has 0 aliphatic carbocycles. The van der Waals surface area contributed by atoms with E-state index in [1.54, 1.807) is 6.20 Å². The first-order valence-corrected chi connectivity index (χ1v) is 5.81. The lowest BCUT2D eigenvalue weighted by atomic mass is 9.78. The number of nitrogens with two attached hydrogens (primary N) is 1. The van der Waals surface area contributed by atoms with Gasteiger partial charge in [0.25, 0.3) is 0 Å². The van der Waals surface area contributed by atoms with Crippen LogP contribution in [0.25, 0.3) is 0 Å². The van der Waals surface area contributed by atoms with Crippen LogP contribution in [0.15, 0.2) is 12.3 Å². The van der Waals surface area contributed by atoms with Crippen LogP contribution in [0.2, 0.25) is 0 Å². The SMILES string of the molecule is Cc1nccc(B2OC(C)(C)C(C)(C)O2)c1N. The summed E-state index contributed by atoms with van der Waals surface area (Å²) in [4.78, 5) is 4.15. The molecule has 0 unspecified atom stereocenters. The molecule has 2 N–H and O–H groups in total. The van der Waals surface area contributed by atoms with Gasteiger partial charge in [0.15, 0.2) is 0 Å². The van der Waals surface area contributed by atoms with Gasteiger partial charge in [0.2, 0.25) is 0 Å². The van der Waals surface area contributed by atoms with E-state index >= 15 is 0 Å². The molecular formula is C12H19BN2O2. The van der Waals surface area contributed by atoms with Crippen molar-refractivity contribution in [3.05, 3.63) is 18.0 Å². The Morgan fingerprint density at radius 1 is 1.18 bits per heavy atom. The van der Waals surface area contributed by atoms with E-state index in [0.29, 0.717) is 5.69 Å². The number of aryl methyl sites for hydroxylation is 1. The average molecular weight is 234 g/mol. The summed E-state index contributed by atoms with van der Waals surface area (Å²) in [5.41, 5.74) is 7.63. The van der Waals surface area contributed by atoms with Gasteiger partial charge in [-0.1, -0.05) is 0 Å². The van der Waals surface area contributed by atoms with Crippen LogP contribution in [-0.2, 0) is 9.31 Å². The summed E-state index contributed by atoms with van der Waals surface area (Å²) in [5.74, 6) is 0. The van der Waals surface area contributed by atoms with E-state index in [2.05, 4.69) is 4.98 Å². The smallest absolute Gasteiger partial charge is 0.399 e. The lowest BCUT2D eigenvalue weighted by Crippen LogP contribution is -2.41. The van der Waals surface area contributed by atoms with Gasteiger partial charge in [-0.05, 0) is 40.7 Å². The van der Waals surface area contributed by atoms with Gasteiger partial charge >= 0.3 is 7.12 Å². The minimum atomic E-state index is -0.415. The van der Waals surface area contributed by atoms with Gasteiger partial charge in [0.05, 0.1) is 22.6 Å². The molecule has 0 spiro atoms. The number of hydrogen-bond acceptors (Lipinski definition) is 4. The van der Waals surface area contributed by atoms with Crippen molar-refractivity contribution in [2.45, 2.75) is 45.8 Å². The number of aromatic nitrogens is 1. The molecule has 0 amide bonds. The van der Waals surface area contributed by atoms with Crippen molar-refractivity contribution < 1.29 is 9.31 Å². The predicted octanol–water partition coefficient (Wildman–Crippen LogP) is 1.27. The molecule has 0 saturated carbocycles. The monoisotopic (exact) mass is 234 g/mol. The predicted molar refractivity (Wildman–Crippen MR) is 69.1 cm³/mol. The van der Waals surface area contributed by atoms with Crippen LogP contribution < -0.4 is 11.2 Å². The Labute approximate surface area is 103 Å². The van der Waals surface area contributed by atoms with E-state index in [-0.39, 0.29) is 11.2 Å². The molecule has 17 heavy (non-hydrogen) atoms. The Morgan fingerprint density at radius 3 is 2.24 bits per heavy atom. The Morgan fingerprint density at radius 2 is 1.71 bits per heavy atom. The molecule has 1 aliphatic rings. The molecule has 0 atom stereocenters. The van der Waals surface area contributed by atoms with Gasteiger partial charge < -0.3 is 15.0 Å². The van der Waals surface area contributed by atoms with E-state index in [9.17, 15) is 0 Å². The fraction of sp³-hybridized carbons (Fsp3) is 0.583. The maximum absolute atomic E-state index is 6.02. The molecule has 1 aromatic heterocycles. The van der Waals surface area contributed by atoms with Gasteiger partial charge in [-0.25, -0.2) is 0 Å². The zero-order valence-electron chi connectivity index (χ0n) is 11.1. The zero-order chi connectivity index (χ0) is 12.8. The molecule has 92 valence electrons. The van der Waals surface area contributed by atoms with Crippen LogP contribution in [-0.4, -0.2) is 23.3 Å². The van der Waals surface area contributed by atoms with Gasteiger partial charge in [-0.15, -0.1) is 0 Å². The minimum absolute atomic E-state index is 0.346. The normalized spacial score (nSPS) is 21.8. The number of nitrogens with zero attached hydrogens (tertiary/aromatic N) is 1. The standard InChI is InChI=1S/C12H19BN2O2/c1-8-10(14)9(6-7-15-8)13-16-11(2,3)12(4,5)17-13/h6-7H,14H2,1-5H3. The van der Waals surface area contributed by atoms with E-state index in [0.717, 1.165) is 11.2 Å². The highest BCUT2D eigenvalue weighted by Crippen LogP contribution is 2.36. The molecule has 4 nitrogen and oxygen atoms in total. The topological polar surface area (TPSA) is 57.4 Å². The maximum atomic E-state index is 6.02. The van der Waals surface area contributed by atoms with E-state index < -0.39 is 7.12 Å². The summed E-state index contributed by atoms with van der Waals surface area (Å²) in [6, 6.07) is 1.85. The Kier molecular flexibility index (Phi) is 2.71. The van der Waals surface area contributed by atoms with Crippen molar-refractivity contribution in [3.8, 4) is 0 Å². The molecule has 2 rings (SSSR count). The van der Waals surface area contributed by atoms with E-state index in [1.165, 1.54) is 0 Å². The third-order valence-corrected chi connectivity index (χ3v) is 3.73. The van der Waals surface area contributed by atoms with E-state index in [1.807, 2.05) is 40.7 Å². The Balaban J connectivity index is 2.36. The van der Waals surface area contributed by atoms with Crippen LogP contribution in [0.3, 0.4) is 0 Å². The number of anilines is 1. The van der Waals surface area contributed by atoms with E-state index in [4.69, 9.17) is 15.0 Å². The van der Waals surface area contributed by atoms with Crippen molar-refractivity contribution in [2.24, 2.45) is 0 Å². The lowest BCUT2D eigenvalue weighted by Gasteiger charge is -2.32. The third kappa shape index (κ3) is 1.94. The minimum Gasteiger partial charge on any atom is -0.399 e. The highest BCUT2D eigenvalue weighted by Gasteiger charge is 2.52. The molecule has 0 bridgehead atoms. The summed E-state index contributed by atoms with van der Waals surface area (Å²) in [6.07, 6.45) is 1.73. The molecule has 1 aromatic rings. The third-order valence-electron chi connectivity index (χ3n) is 3.73. The molecule has 2 heterocycles. The lowest BCUT2D eigenvalue weighted by molar-refractivity contribution is 0.00578. The molecule has 5 heteroatoms. The van der Waals surface area contributed by atoms with Gasteiger partial charge in [-0.2, -0.15) is 0 Å². The van der Waals surface area contributed by atoms with Crippen LogP contribution in [0.4, 0.5) is 5.69 Å². The van der Waals surface area contributed by atoms with Crippen LogP contribution in [0, 0.1) is 6.92 Å². The second-order valence-electron chi connectivity index (χ2n) is 5.49. The fourth-order valence-corrected chi connectivity index (χ4v) is 1.77. The van der Waals surface area contributed by atoms with Gasteiger partial charge in [0, 0.05) is 11.7 Å². The summed E-state index contributed by atoms with van der Waals surface area (Å²) in [7, 11) is -0.415. The fourth-order valence-electron chi connectivity index (χ4n) is 1.77. The van der Waals surface area contributed by atoms with Crippen LogP contribution >= 0.6 is 0 Å². The highest BCUT2D eigenvalue weighted by molar-refractivity contribution is 6.63. The van der Waals surface area contributed by atoms with Crippen molar-refractivity contribution in [3.63, 3.8) is 0 Å². The van der Waals surface area contributed by atoms with Crippen LogP contribution in [0.1, 0.15) is 33.4 Å². The Hall–Kier alpha value is -1.07. The number of nitrogen functional groups attached to an aromatic ring is 1. The zero-order valence-corrected chi connectivity index (χ0v) is 11.1. The number of hydrogen-bond donors (Lipinski definition) is 1. The number of pyridine rings is 1. The summed E-state index contributed by atoms with van der Waals surface area (Å²) >= 11 is 0. The molecule has 1 fully saturated rings. The molecular weight excluding hydrogens is 215 g/mol. The van der Waals surface area contributed by atoms with Gasteiger partial charge in [0.1, 0.15) is 0 Å².